The summed E-state index contributed by atoms with van der Waals surface area (Å²) in [4.78, 5) is 21.4. The summed E-state index contributed by atoms with van der Waals surface area (Å²) in [6.07, 6.45) is 0. The summed E-state index contributed by atoms with van der Waals surface area (Å²) in [7, 11) is 1.60. The third-order valence-electron chi connectivity index (χ3n) is 3.67. The average molecular weight is 335 g/mol. The van der Waals surface area contributed by atoms with Crippen molar-refractivity contribution in [3.63, 3.8) is 0 Å². The van der Waals surface area contributed by atoms with E-state index in [2.05, 4.69) is 20.8 Å². The standard InChI is InChI=1S/C17H13N5O3/c1-24-13-9-7-11(8-10-13)15-18-16(20-19-15)14-17(23)25-21-22(14)12-5-3-2-4-6-12/h2-10,21H,1H3. The van der Waals surface area contributed by atoms with Gasteiger partial charge in [-0.1, -0.05) is 23.8 Å². The van der Waals surface area contributed by atoms with Crippen LogP contribution in [0.4, 0.5) is 5.69 Å². The molecule has 2 aliphatic rings. The summed E-state index contributed by atoms with van der Waals surface area (Å²) in [6.45, 7) is 0. The second-order valence-corrected chi connectivity index (χ2v) is 5.19. The van der Waals surface area contributed by atoms with E-state index in [1.54, 1.807) is 19.2 Å². The van der Waals surface area contributed by atoms with Crippen molar-refractivity contribution >= 4 is 17.5 Å². The fraction of sp³-hybridized carbons (Fsp3) is 0.0588. The van der Waals surface area contributed by atoms with Gasteiger partial charge < -0.3 is 9.57 Å². The predicted molar refractivity (Wildman–Crippen MR) is 89.6 cm³/mol. The molecule has 0 radical (unpaired) electrons. The lowest BCUT2D eigenvalue weighted by Crippen LogP contribution is -2.29. The first-order valence-electron chi connectivity index (χ1n) is 7.47. The Labute approximate surface area is 143 Å². The maximum Gasteiger partial charge on any atom is 0.380 e. The van der Waals surface area contributed by atoms with Crippen LogP contribution in [-0.4, -0.2) is 18.9 Å². The molecule has 2 heterocycles. The van der Waals surface area contributed by atoms with Gasteiger partial charge in [0, 0.05) is 5.56 Å². The molecule has 1 fully saturated rings. The summed E-state index contributed by atoms with van der Waals surface area (Å²) in [5.74, 6) is 0.761. The van der Waals surface area contributed by atoms with E-state index in [1.807, 2.05) is 42.5 Å². The summed E-state index contributed by atoms with van der Waals surface area (Å²) in [5, 5.41) is 9.58. The molecule has 0 saturated carbocycles. The summed E-state index contributed by atoms with van der Waals surface area (Å²) in [6, 6.07) is 16.5. The second kappa shape index (κ2) is 6.17. The zero-order chi connectivity index (χ0) is 17.2. The van der Waals surface area contributed by atoms with Crippen LogP contribution in [0.3, 0.4) is 0 Å². The molecule has 1 N–H and O–H groups in total. The normalized spacial score (nSPS) is 19.2. The van der Waals surface area contributed by atoms with E-state index in [9.17, 15) is 4.79 Å². The van der Waals surface area contributed by atoms with E-state index in [-0.39, 0.29) is 11.5 Å². The molecule has 0 bridgehead atoms. The van der Waals surface area contributed by atoms with Gasteiger partial charge in [-0.3, -0.25) is 0 Å². The van der Waals surface area contributed by atoms with Crippen molar-refractivity contribution in [2.45, 2.75) is 0 Å². The molecule has 0 amide bonds. The summed E-state index contributed by atoms with van der Waals surface area (Å²) in [5.41, 5.74) is 4.23. The van der Waals surface area contributed by atoms with Crippen LogP contribution in [0.25, 0.3) is 0 Å². The molecule has 124 valence electrons. The smallest absolute Gasteiger partial charge is 0.380 e. The molecule has 0 aliphatic carbocycles. The van der Waals surface area contributed by atoms with Crippen LogP contribution >= 0.6 is 0 Å². The number of amidine groups is 1. The quantitative estimate of drug-likeness (QED) is 0.871. The Hall–Kier alpha value is -3.52. The lowest BCUT2D eigenvalue weighted by molar-refractivity contribution is -0.140. The molecular formula is C17H13N5O3. The van der Waals surface area contributed by atoms with Gasteiger partial charge in [-0.15, -0.1) is 10.2 Å². The van der Waals surface area contributed by atoms with Gasteiger partial charge >= 0.3 is 5.97 Å². The van der Waals surface area contributed by atoms with Crippen LogP contribution in [0, 0.1) is 0 Å². The Morgan fingerprint density at radius 1 is 1.04 bits per heavy atom. The van der Waals surface area contributed by atoms with Crippen molar-refractivity contribution in [3.05, 3.63) is 71.7 Å². The number of hydrogen-bond donors (Lipinski definition) is 1. The Morgan fingerprint density at radius 3 is 2.52 bits per heavy atom. The molecule has 0 unspecified atom stereocenters. The number of anilines is 1. The lowest BCUT2D eigenvalue weighted by atomic mass is 10.2. The minimum atomic E-state index is -0.572. The highest BCUT2D eigenvalue weighted by Gasteiger charge is 2.34. The number of carbonyl (C=O) groups is 1. The molecule has 8 heteroatoms. The largest absolute Gasteiger partial charge is 0.497 e. The van der Waals surface area contributed by atoms with E-state index in [0.29, 0.717) is 5.84 Å². The average Bonchev–Trinajstić information content (AvgIpc) is 3.29. The van der Waals surface area contributed by atoms with Gasteiger partial charge in [-0.2, -0.15) is 0 Å². The van der Waals surface area contributed by atoms with Gasteiger partial charge in [0.1, 0.15) is 5.75 Å². The fourth-order valence-electron chi connectivity index (χ4n) is 2.42. The van der Waals surface area contributed by atoms with Crippen LogP contribution in [0.15, 0.2) is 81.3 Å². The molecule has 0 aromatic heterocycles. The van der Waals surface area contributed by atoms with Crippen molar-refractivity contribution < 1.29 is 14.4 Å². The van der Waals surface area contributed by atoms with Crippen molar-refractivity contribution in [3.8, 4) is 5.75 Å². The van der Waals surface area contributed by atoms with Crippen molar-refractivity contribution in [1.29, 1.82) is 0 Å². The van der Waals surface area contributed by atoms with Crippen LogP contribution in [0.1, 0.15) is 5.56 Å². The van der Waals surface area contributed by atoms with Crippen molar-refractivity contribution in [1.82, 2.24) is 5.59 Å². The van der Waals surface area contributed by atoms with Crippen molar-refractivity contribution in [2.75, 3.05) is 12.1 Å². The molecule has 1 saturated heterocycles. The minimum Gasteiger partial charge on any atom is -0.497 e. The Balaban J connectivity index is 1.71. The molecule has 0 atom stereocenters. The van der Waals surface area contributed by atoms with Crippen molar-refractivity contribution in [2.24, 2.45) is 15.2 Å². The maximum atomic E-state index is 12.1. The number of carbonyl (C=O) groups excluding carboxylic acids is 1. The topological polar surface area (TPSA) is 87.9 Å². The van der Waals surface area contributed by atoms with Gasteiger partial charge in [-0.25, -0.2) is 14.8 Å². The number of para-hydroxylation sites is 1. The van der Waals surface area contributed by atoms with E-state index < -0.39 is 5.97 Å². The number of azo groups is 1. The number of benzene rings is 2. The third kappa shape index (κ3) is 2.74. The number of nitrogens with zero attached hydrogens (tertiary/aromatic N) is 4. The number of hydrogen-bond acceptors (Lipinski definition) is 8. The second-order valence-electron chi connectivity index (χ2n) is 5.19. The van der Waals surface area contributed by atoms with E-state index in [4.69, 9.17) is 9.57 Å². The van der Waals surface area contributed by atoms with E-state index >= 15 is 0 Å². The SMILES string of the molecule is COc1ccc(C2=NC(=C3C(=O)ONN3c3ccccc3)N=N2)cc1. The number of rotatable bonds is 3. The number of hydrazine groups is 1. The van der Waals surface area contributed by atoms with Crippen LogP contribution in [-0.2, 0) is 9.63 Å². The van der Waals surface area contributed by atoms with Gasteiger partial charge in [0.25, 0.3) is 0 Å². The highest BCUT2D eigenvalue weighted by molar-refractivity contribution is 6.02. The van der Waals surface area contributed by atoms with E-state index in [1.165, 1.54) is 5.01 Å². The molecule has 8 nitrogen and oxygen atoms in total. The number of ether oxygens (including phenoxy) is 1. The van der Waals surface area contributed by atoms with Crippen LogP contribution in [0.5, 0.6) is 5.75 Å². The number of methoxy groups -OCH3 is 1. The Kier molecular flexibility index (Phi) is 3.71. The predicted octanol–water partition coefficient (Wildman–Crippen LogP) is 2.56. The Morgan fingerprint density at radius 2 is 1.80 bits per heavy atom. The van der Waals surface area contributed by atoms with Gasteiger partial charge in [0.05, 0.1) is 12.8 Å². The molecule has 4 rings (SSSR count). The monoisotopic (exact) mass is 335 g/mol. The van der Waals surface area contributed by atoms with Gasteiger partial charge in [-0.05, 0) is 36.4 Å². The number of nitrogens with one attached hydrogen (secondary N) is 1. The van der Waals surface area contributed by atoms with Crippen LogP contribution < -0.4 is 15.3 Å². The molecular weight excluding hydrogens is 322 g/mol. The zero-order valence-electron chi connectivity index (χ0n) is 13.2. The first-order valence-corrected chi connectivity index (χ1v) is 7.47. The van der Waals surface area contributed by atoms with E-state index in [0.717, 1.165) is 17.0 Å². The van der Waals surface area contributed by atoms with Crippen LogP contribution in [0.2, 0.25) is 0 Å². The highest BCUT2D eigenvalue weighted by Crippen LogP contribution is 2.28. The summed E-state index contributed by atoms with van der Waals surface area (Å²) >= 11 is 0. The maximum absolute atomic E-state index is 12.1. The van der Waals surface area contributed by atoms with Gasteiger partial charge in [0.2, 0.25) is 5.82 Å². The highest BCUT2D eigenvalue weighted by atomic mass is 16.7. The minimum absolute atomic E-state index is 0.179. The molecule has 2 aromatic rings. The van der Waals surface area contributed by atoms with Gasteiger partial charge in [0.15, 0.2) is 11.5 Å². The fourth-order valence-corrected chi connectivity index (χ4v) is 2.42. The lowest BCUT2D eigenvalue weighted by Gasteiger charge is -2.14. The molecule has 0 spiro atoms. The molecule has 25 heavy (non-hydrogen) atoms. The third-order valence-corrected chi connectivity index (χ3v) is 3.67. The molecule has 2 aromatic carbocycles. The Bertz CT molecular complexity index is 904. The molecule has 2 aliphatic heterocycles. The summed E-state index contributed by atoms with van der Waals surface area (Å²) < 4.78 is 5.13. The first kappa shape index (κ1) is 15.0. The number of aliphatic imine (C=N–C) groups is 1. The zero-order valence-corrected chi connectivity index (χ0v) is 13.2. The first-order chi connectivity index (χ1) is 12.3.